The van der Waals surface area contributed by atoms with Gasteiger partial charge >= 0.3 is 0 Å². The van der Waals surface area contributed by atoms with Crippen LogP contribution in [0.15, 0.2) is 21.9 Å². The lowest BCUT2D eigenvalue weighted by atomic mass is 10.3. The lowest BCUT2D eigenvalue weighted by Crippen LogP contribution is -2.09. The molecule has 0 unspecified atom stereocenters. The van der Waals surface area contributed by atoms with Crippen molar-refractivity contribution in [1.82, 2.24) is 0 Å². The van der Waals surface area contributed by atoms with Crippen molar-refractivity contribution in [3.8, 4) is 0 Å². The van der Waals surface area contributed by atoms with Gasteiger partial charge in [0.1, 0.15) is 4.90 Å². The van der Waals surface area contributed by atoms with E-state index in [0.29, 0.717) is 0 Å². The second-order valence-electron chi connectivity index (χ2n) is 3.48. The van der Waals surface area contributed by atoms with Gasteiger partial charge in [0.25, 0.3) is 0 Å². The molecule has 0 bridgehead atoms. The minimum atomic E-state index is -3.57. The summed E-state index contributed by atoms with van der Waals surface area (Å²) in [5.74, 6) is 0. The van der Waals surface area contributed by atoms with Gasteiger partial charge in [-0.25, -0.2) is 16.8 Å². The lowest BCUT2D eigenvalue weighted by molar-refractivity contribution is 0.598. The fraction of sp³-hybridized carbons (Fsp3) is 0.250. The summed E-state index contributed by atoms with van der Waals surface area (Å²) in [7, 11) is -7.04. The third-order valence-electron chi connectivity index (χ3n) is 1.92. The van der Waals surface area contributed by atoms with Gasteiger partial charge in [0, 0.05) is 12.5 Å². The SMILES string of the molecule is CS(=O)(=O)c1cc(N)c(S(C)(=O)=O)c(N)c1. The summed E-state index contributed by atoms with van der Waals surface area (Å²) in [6, 6.07) is 2.17. The minimum Gasteiger partial charge on any atom is -0.398 e. The molecule has 0 heterocycles. The van der Waals surface area contributed by atoms with Crippen molar-refractivity contribution in [1.29, 1.82) is 0 Å². The summed E-state index contributed by atoms with van der Waals surface area (Å²) in [5, 5.41) is 0. The Morgan fingerprint density at radius 1 is 0.875 bits per heavy atom. The number of nitrogens with two attached hydrogens (primary N) is 2. The van der Waals surface area contributed by atoms with Gasteiger partial charge in [0.05, 0.1) is 16.3 Å². The fourth-order valence-electron chi connectivity index (χ4n) is 1.29. The highest BCUT2D eigenvalue weighted by Gasteiger charge is 2.19. The molecule has 1 aromatic carbocycles. The summed E-state index contributed by atoms with van der Waals surface area (Å²) >= 11 is 0. The summed E-state index contributed by atoms with van der Waals surface area (Å²) in [4.78, 5) is -0.338. The van der Waals surface area contributed by atoms with E-state index < -0.39 is 19.7 Å². The van der Waals surface area contributed by atoms with Crippen LogP contribution in [0.3, 0.4) is 0 Å². The highest BCUT2D eigenvalue weighted by atomic mass is 32.2. The maximum Gasteiger partial charge on any atom is 0.179 e. The molecule has 16 heavy (non-hydrogen) atoms. The van der Waals surface area contributed by atoms with Crippen molar-refractivity contribution in [2.75, 3.05) is 24.0 Å². The van der Waals surface area contributed by atoms with Crippen LogP contribution in [0.2, 0.25) is 0 Å². The molecule has 90 valence electrons. The number of anilines is 2. The first-order valence-electron chi connectivity index (χ1n) is 4.12. The Balaban J connectivity index is 3.66. The number of benzene rings is 1. The Hall–Kier alpha value is -1.28. The van der Waals surface area contributed by atoms with E-state index in [1.807, 2.05) is 0 Å². The van der Waals surface area contributed by atoms with Gasteiger partial charge < -0.3 is 11.5 Å². The van der Waals surface area contributed by atoms with Gasteiger partial charge in [0.15, 0.2) is 19.7 Å². The average molecular weight is 264 g/mol. The summed E-state index contributed by atoms with van der Waals surface area (Å²) < 4.78 is 45.1. The fourth-order valence-corrected chi connectivity index (χ4v) is 2.94. The van der Waals surface area contributed by atoms with E-state index >= 15 is 0 Å². The van der Waals surface area contributed by atoms with Crippen molar-refractivity contribution in [3.05, 3.63) is 12.1 Å². The zero-order valence-electron chi connectivity index (χ0n) is 8.76. The monoisotopic (exact) mass is 264 g/mol. The van der Waals surface area contributed by atoms with Gasteiger partial charge in [-0.1, -0.05) is 0 Å². The number of rotatable bonds is 2. The van der Waals surface area contributed by atoms with Gasteiger partial charge in [0.2, 0.25) is 0 Å². The van der Waals surface area contributed by atoms with Crippen molar-refractivity contribution >= 4 is 31.0 Å². The lowest BCUT2D eigenvalue weighted by Gasteiger charge is -2.09. The van der Waals surface area contributed by atoms with Crippen LogP contribution in [0.5, 0.6) is 0 Å². The zero-order valence-corrected chi connectivity index (χ0v) is 10.4. The van der Waals surface area contributed by atoms with E-state index in [9.17, 15) is 16.8 Å². The van der Waals surface area contributed by atoms with E-state index in [1.165, 1.54) is 0 Å². The molecule has 0 aliphatic rings. The van der Waals surface area contributed by atoms with Gasteiger partial charge in [-0.2, -0.15) is 0 Å². The van der Waals surface area contributed by atoms with Crippen LogP contribution in [-0.4, -0.2) is 29.3 Å². The number of hydrogen-bond donors (Lipinski definition) is 2. The average Bonchev–Trinajstić information content (AvgIpc) is 1.97. The first kappa shape index (κ1) is 12.8. The van der Waals surface area contributed by atoms with Crippen LogP contribution in [0, 0.1) is 0 Å². The second kappa shape index (κ2) is 3.63. The van der Waals surface area contributed by atoms with Crippen molar-refractivity contribution in [2.45, 2.75) is 9.79 Å². The van der Waals surface area contributed by atoms with Gasteiger partial charge in [-0.05, 0) is 12.1 Å². The van der Waals surface area contributed by atoms with Crippen molar-refractivity contribution < 1.29 is 16.8 Å². The Morgan fingerprint density at radius 2 is 1.25 bits per heavy atom. The van der Waals surface area contributed by atoms with E-state index in [2.05, 4.69) is 0 Å². The number of sulfone groups is 2. The molecular weight excluding hydrogens is 252 g/mol. The predicted octanol–water partition coefficient (Wildman–Crippen LogP) is -0.342. The maximum atomic E-state index is 11.3. The Bertz CT molecular complexity index is 609. The van der Waals surface area contributed by atoms with Crippen LogP contribution < -0.4 is 11.5 Å². The highest BCUT2D eigenvalue weighted by molar-refractivity contribution is 7.91. The number of nitrogen functional groups attached to an aromatic ring is 2. The molecule has 0 aliphatic heterocycles. The summed E-state index contributed by atoms with van der Waals surface area (Å²) in [5.41, 5.74) is 10.6. The molecule has 0 fully saturated rings. The third kappa shape index (κ3) is 2.45. The standard InChI is InChI=1S/C8H12N2O4S2/c1-15(11,12)5-3-6(9)8(7(10)4-5)16(2,13)14/h3-4H,9-10H2,1-2H3. The Labute approximate surface area is 94.1 Å². The molecule has 6 nitrogen and oxygen atoms in total. The topological polar surface area (TPSA) is 120 Å². The molecule has 0 amide bonds. The van der Waals surface area contributed by atoms with Gasteiger partial charge in [-0.15, -0.1) is 0 Å². The predicted molar refractivity (Wildman–Crippen MR) is 61.5 cm³/mol. The smallest absolute Gasteiger partial charge is 0.179 e. The molecule has 1 aromatic rings. The molecule has 0 saturated carbocycles. The molecule has 4 N–H and O–H groups in total. The molecule has 8 heteroatoms. The van der Waals surface area contributed by atoms with Gasteiger partial charge in [-0.3, -0.25) is 0 Å². The molecule has 0 saturated heterocycles. The van der Waals surface area contributed by atoms with E-state index in [-0.39, 0.29) is 21.2 Å². The molecule has 0 spiro atoms. The second-order valence-corrected chi connectivity index (χ2v) is 7.44. The number of hydrogen-bond acceptors (Lipinski definition) is 6. The maximum absolute atomic E-state index is 11.3. The molecule has 1 rings (SSSR count). The third-order valence-corrected chi connectivity index (χ3v) is 4.22. The Morgan fingerprint density at radius 3 is 1.50 bits per heavy atom. The zero-order chi connectivity index (χ0) is 12.7. The molecule has 0 atom stereocenters. The van der Waals surface area contributed by atoms with Crippen LogP contribution in [0.1, 0.15) is 0 Å². The Kier molecular flexibility index (Phi) is 2.90. The first-order chi connectivity index (χ1) is 7.03. The van der Waals surface area contributed by atoms with E-state index in [4.69, 9.17) is 11.5 Å². The molecular formula is C8H12N2O4S2. The van der Waals surface area contributed by atoms with Crippen LogP contribution in [0.25, 0.3) is 0 Å². The van der Waals surface area contributed by atoms with Crippen LogP contribution in [-0.2, 0) is 19.7 Å². The highest BCUT2D eigenvalue weighted by Crippen LogP contribution is 2.28. The molecule has 0 aliphatic carbocycles. The normalized spacial score (nSPS) is 12.6. The first-order valence-corrected chi connectivity index (χ1v) is 7.91. The largest absolute Gasteiger partial charge is 0.398 e. The van der Waals surface area contributed by atoms with Crippen molar-refractivity contribution in [3.63, 3.8) is 0 Å². The van der Waals surface area contributed by atoms with Crippen LogP contribution in [0.4, 0.5) is 11.4 Å². The minimum absolute atomic E-state index is 0.102. The molecule has 0 aromatic heterocycles. The van der Waals surface area contributed by atoms with E-state index in [0.717, 1.165) is 24.6 Å². The summed E-state index contributed by atoms with van der Waals surface area (Å²) in [6.45, 7) is 0. The van der Waals surface area contributed by atoms with E-state index in [1.54, 1.807) is 0 Å². The quantitative estimate of drug-likeness (QED) is 0.705. The van der Waals surface area contributed by atoms with Crippen molar-refractivity contribution in [2.24, 2.45) is 0 Å². The van der Waals surface area contributed by atoms with Crippen LogP contribution >= 0.6 is 0 Å². The summed E-state index contributed by atoms with van der Waals surface area (Å²) in [6.07, 6.45) is 1.94. The molecule has 0 radical (unpaired) electrons.